The van der Waals surface area contributed by atoms with Gasteiger partial charge in [-0.05, 0) is 25.5 Å². The Kier molecular flexibility index (Phi) is 5.62. The van der Waals surface area contributed by atoms with E-state index < -0.39 is 9.84 Å². The lowest BCUT2D eigenvalue weighted by molar-refractivity contribution is -0.131. The Labute approximate surface area is 147 Å². The number of hydrogen-bond donors (Lipinski definition) is 0. The number of likely N-dealkylation sites (N-methyl/N-ethyl adjacent to an activating group) is 1. The second-order valence-electron chi connectivity index (χ2n) is 6.27. The third kappa shape index (κ3) is 4.66. The summed E-state index contributed by atoms with van der Waals surface area (Å²) >= 11 is 0. The van der Waals surface area contributed by atoms with Gasteiger partial charge in [0.15, 0.2) is 15.6 Å². The first-order valence-electron chi connectivity index (χ1n) is 7.96. The van der Waals surface area contributed by atoms with Crippen LogP contribution in [-0.4, -0.2) is 62.1 Å². The fourth-order valence-electron chi connectivity index (χ4n) is 2.81. The van der Waals surface area contributed by atoms with Crippen LogP contribution in [-0.2, 0) is 19.4 Å². The van der Waals surface area contributed by atoms with Crippen LogP contribution in [0.1, 0.15) is 30.6 Å². The molecule has 0 radical (unpaired) electrons. The summed E-state index contributed by atoms with van der Waals surface area (Å²) in [5.41, 5.74) is 0.910. The molecule has 7 nitrogen and oxygen atoms in total. The zero-order valence-corrected chi connectivity index (χ0v) is 15.4. The molecule has 1 saturated heterocycles. The van der Waals surface area contributed by atoms with E-state index in [0.29, 0.717) is 17.7 Å². The maximum Gasteiger partial charge on any atom is 0.242 e. The number of sulfone groups is 1. The van der Waals surface area contributed by atoms with Crippen molar-refractivity contribution in [1.82, 2.24) is 4.90 Å². The lowest BCUT2D eigenvalue weighted by atomic mass is 10.1. The van der Waals surface area contributed by atoms with Gasteiger partial charge >= 0.3 is 0 Å². The Hall–Kier alpha value is -2.22. The molecule has 1 aliphatic rings. The summed E-state index contributed by atoms with van der Waals surface area (Å²) in [6, 6.07) is 6.15. The topological polar surface area (TPSA) is 91.8 Å². The predicted octanol–water partition coefficient (Wildman–Crippen LogP) is 0.888. The normalized spacial score (nSPS) is 18.6. The van der Waals surface area contributed by atoms with Crippen LogP contribution in [0.15, 0.2) is 24.3 Å². The average molecular weight is 366 g/mol. The van der Waals surface area contributed by atoms with Gasteiger partial charge in [0.05, 0.1) is 11.5 Å². The third-order valence-corrected chi connectivity index (χ3v) is 6.14. The number of benzene rings is 1. The molecule has 1 aliphatic heterocycles. The van der Waals surface area contributed by atoms with Crippen molar-refractivity contribution < 1.29 is 22.8 Å². The number of anilines is 1. The van der Waals surface area contributed by atoms with E-state index in [1.54, 1.807) is 31.3 Å². The van der Waals surface area contributed by atoms with Crippen molar-refractivity contribution in [2.75, 3.05) is 30.0 Å². The SMILES string of the molecule is CC(=O)c1cccc(N(CC(=O)N(C)C2CCS(=O)(=O)C2)C(C)=O)c1. The zero-order chi connectivity index (χ0) is 18.8. The standard InChI is InChI=1S/C17H22N2O5S/c1-12(20)14-5-4-6-15(9-14)19(13(2)21)10-17(22)18(3)16-7-8-25(23,24)11-16/h4-6,9,16H,7-8,10-11H2,1-3H3. The summed E-state index contributed by atoms with van der Waals surface area (Å²) < 4.78 is 23.2. The van der Waals surface area contributed by atoms with E-state index in [1.165, 1.54) is 23.6 Å². The molecule has 0 aromatic heterocycles. The van der Waals surface area contributed by atoms with E-state index in [1.807, 2.05) is 0 Å². The second kappa shape index (κ2) is 7.35. The molecule has 1 fully saturated rings. The highest BCUT2D eigenvalue weighted by molar-refractivity contribution is 7.91. The Morgan fingerprint density at radius 3 is 2.40 bits per heavy atom. The summed E-state index contributed by atoms with van der Waals surface area (Å²) in [7, 11) is -1.54. The van der Waals surface area contributed by atoms with Crippen LogP contribution in [0.2, 0.25) is 0 Å². The summed E-state index contributed by atoms with van der Waals surface area (Å²) in [5, 5.41) is 0. The fourth-order valence-corrected chi connectivity index (χ4v) is 4.58. The molecule has 2 rings (SSSR count). The molecular weight excluding hydrogens is 344 g/mol. The van der Waals surface area contributed by atoms with Gasteiger partial charge in [-0.3, -0.25) is 14.4 Å². The van der Waals surface area contributed by atoms with Crippen molar-refractivity contribution in [3.63, 3.8) is 0 Å². The van der Waals surface area contributed by atoms with Crippen LogP contribution in [0.3, 0.4) is 0 Å². The first-order chi connectivity index (χ1) is 11.6. The number of hydrogen-bond acceptors (Lipinski definition) is 5. The quantitative estimate of drug-likeness (QED) is 0.722. The van der Waals surface area contributed by atoms with E-state index in [9.17, 15) is 22.8 Å². The zero-order valence-electron chi connectivity index (χ0n) is 14.6. The Morgan fingerprint density at radius 2 is 1.88 bits per heavy atom. The van der Waals surface area contributed by atoms with E-state index >= 15 is 0 Å². The smallest absolute Gasteiger partial charge is 0.242 e. The van der Waals surface area contributed by atoms with Gasteiger partial charge in [0.2, 0.25) is 11.8 Å². The van der Waals surface area contributed by atoms with E-state index in [2.05, 4.69) is 0 Å². The van der Waals surface area contributed by atoms with E-state index in [0.717, 1.165) is 0 Å². The molecule has 2 amide bonds. The third-order valence-electron chi connectivity index (χ3n) is 4.39. The molecule has 1 unspecified atom stereocenters. The average Bonchev–Trinajstić information content (AvgIpc) is 2.91. The van der Waals surface area contributed by atoms with Crippen LogP contribution < -0.4 is 4.90 Å². The van der Waals surface area contributed by atoms with Gasteiger partial charge < -0.3 is 9.80 Å². The van der Waals surface area contributed by atoms with Gasteiger partial charge in [-0.2, -0.15) is 0 Å². The van der Waals surface area contributed by atoms with Crippen LogP contribution in [0.5, 0.6) is 0 Å². The summed E-state index contributed by atoms with van der Waals surface area (Å²) in [5.74, 6) is -0.779. The predicted molar refractivity (Wildman–Crippen MR) is 94.3 cm³/mol. The summed E-state index contributed by atoms with van der Waals surface area (Å²) in [4.78, 5) is 38.7. The van der Waals surface area contributed by atoms with Crippen molar-refractivity contribution in [2.45, 2.75) is 26.3 Å². The van der Waals surface area contributed by atoms with Crippen molar-refractivity contribution >= 4 is 33.1 Å². The molecule has 1 atom stereocenters. The van der Waals surface area contributed by atoms with Gasteiger partial charge in [0.1, 0.15) is 6.54 Å². The molecule has 1 aromatic carbocycles. The van der Waals surface area contributed by atoms with Crippen molar-refractivity contribution in [3.8, 4) is 0 Å². The van der Waals surface area contributed by atoms with Crippen molar-refractivity contribution in [1.29, 1.82) is 0 Å². The molecule has 8 heteroatoms. The lowest BCUT2D eigenvalue weighted by Gasteiger charge is -2.27. The number of carbonyl (C=O) groups is 3. The number of carbonyl (C=O) groups excluding carboxylic acids is 3. The minimum Gasteiger partial charge on any atom is -0.340 e. The maximum atomic E-state index is 12.5. The number of ketones is 1. The van der Waals surface area contributed by atoms with Crippen molar-refractivity contribution in [3.05, 3.63) is 29.8 Å². The van der Waals surface area contributed by atoms with Crippen LogP contribution in [0.4, 0.5) is 5.69 Å². The molecule has 136 valence electrons. The number of nitrogens with zero attached hydrogens (tertiary/aromatic N) is 2. The van der Waals surface area contributed by atoms with Gasteiger partial charge in [-0.15, -0.1) is 0 Å². The number of amides is 2. The van der Waals surface area contributed by atoms with Gasteiger partial charge in [0, 0.05) is 31.3 Å². The largest absolute Gasteiger partial charge is 0.340 e. The minimum atomic E-state index is -3.10. The van der Waals surface area contributed by atoms with E-state index in [-0.39, 0.29) is 41.7 Å². The highest BCUT2D eigenvalue weighted by atomic mass is 32.2. The first kappa shape index (κ1) is 19.1. The molecule has 25 heavy (non-hydrogen) atoms. The Morgan fingerprint density at radius 1 is 1.20 bits per heavy atom. The van der Waals surface area contributed by atoms with E-state index in [4.69, 9.17) is 0 Å². The van der Waals surface area contributed by atoms with Crippen LogP contribution in [0.25, 0.3) is 0 Å². The Balaban J connectivity index is 2.16. The molecule has 0 N–H and O–H groups in total. The second-order valence-corrected chi connectivity index (χ2v) is 8.50. The molecule has 1 heterocycles. The van der Waals surface area contributed by atoms with Gasteiger partial charge in [-0.1, -0.05) is 12.1 Å². The highest BCUT2D eigenvalue weighted by Gasteiger charge is 2.33. The van der Waals surface area contributed by atoms with Gasteiger partial charge in [0.25, 0.3) is 0 Å². The molecule has 0 saturated carbocycles. The molecular formula is C17H22N2O5S. The molecule has 0 aliphatic carbocycles. The monoisotopic (exact) mass is 366 g/mol. The summed E-state index contributed by atoms with van der Waals surface area (Å²) in [6.07, 6.45) is 0.407. The Bertz CT molecular complexity index is 803. The number of rotatable bonds is 5. The maximum absolute atomic E-state index is 12.5. The molecule has 1 aromatic rings. The van der Waals surface area contributed by atoms with Crippen LogP contribution >= 0.6 is 0 Å². The fraction of sp³-hybridized carbons (Fsp3) is 0.471. The first-order valence-corrected chi connectivity index (χ1v) is 9.78. The molecule has 0 spiro atoms. The highest BCUT2D eigenvalue weighted by Crippen LogP contribution is 2.20. The lowest BCUT2D eigenvalue weighted by Crippen LogP contribution is -2.45. The minimum absolute atomic E-state index is 0.0465. The molecule has 0 bridgehead atoms. The number of Topliss-reactive ketones (excluding diaryl/α,β-unsaturated/α-hetero) is 1. The van der Waals surface area contributed by atoms with Crippen LogP contribution in [0, 0.1) is 0 Å². The van der Waals surface area contributed by atoms with Crippen molar-refractivity contribution in [2.24, 2.45) is 0 Å². The van der Waals surface area contributed by atoms with Gasteiger partial charge in [-0.25, -0.2) is 8.42 Å². The summed E-state index contributed by atoms with van der Waals surface area (Å²) in [6.45, 7) is 2.56.